The molecule has 0 unspecified atom stereocenters. The Labute approximate surface area is 122 Å². The van der Waals surface area contributed by atoms with Crippen LogP contribution in [0.25, 0.3) is 0 Å². The summed E-state index contributed by atoms with van der Waals surface area (Å²) >= 11 is 0. The first kappa shape index (κ1) is 17.0. The molecule has 0 aliphatic rings. The van der Waals surface area contributed by atoms with Crippen molar-refractivity contribution in [2.75, 3.05) is 30.3 Å². The van der Waals surface area contributed by atoms with Gasteiger partial charge in [0.05, 0.1) is 16.3 Å². The van der Waals surface area contributed by atoms with E-state index < -0.39 is 9.84 Å². The number of sulfone groups is 1. The minimum absolute atomic E-state index is 0.121. The second-order valence-corrected chi connectivity index (χ2v) is 7.60. The molecule has 20 heavy (non-hydrogen) atoms. The average Bonchev–Trinajstić information content (AvgIpc) is 2.43. The number of rotatable bonds is 8. The van der Waals surface area contributed by atoms with Gasteiger partial charge in [0.1, 0.15) is 0 Å². The molecule has 0 aliphatic heterocycles. The van der Waals surface area contributed by atoms with Gasteiger partial charge in [-0.25, -0.2) is 8.42 Å². The van der Waals surface area contributed by atoms with Crippen molar-refractivity contribution >= 4 is 15.5 Å². The summed E-state index contributed by atoms with van der Waals surface area (Å²) < 4.78 is 24.5. The van der Waals surface area contributed by atoms with Crippen LogP contribution >= 0.6 is 0 Å². The molecule has 0 aromatic heterocycles. The zero-order valence-corrected chi connectivity index (χ0v) is 13.5. The van der Waals surface area contributed by atoms with Crippen LogP contribution in [-0.2, 0) is 9.84 Å². The van der Waals surface area contributed by atoms with Crippen LogP contribution in [0, 0.1) is 5.92 Å². The first-order valence-corrected chi connectivity index (χ1v) is 8.84. The van der Waals surface area contributed by atoms with E-state index in [0.29, 0.717) is 17.4 Å². The van der Waals surface area contributed by atoms with Crippen LogP contribution in [0.2, 0.25) is 0 Å². The third kappa shape index (κ3) is 4.49. The Bertz CT molecular complexity index is 512. The van der Waals surface area contributed by atoms with Crippen LogP contribution < -0.4 is 10.6 Å². The molecule has 0 bridgehead atoms. The molecule has 114 valence electrons. The van der Waals surface area contributed by atoms with Gasteiger partial charge in [0.2, 0.25) is 0 Å². The van der Waals surface area contributed by atoms with E-state index in [-0.39, 0.29) is 5.75 Å². The molecule has 1 aromatic rings. The Morgan fingerprint density at radius 3 is 2.45 bits per heavy atom. The van der Waals surface area contributed by atoms with Crippen molar-refractivity contribution in [2.24, 2.45) is 11.7 Å². The van der Waals surface area contributed by atoms with E-state index >= 15 is 0 Å². The van der Waals surface area contributed by atoms with Crippen molar-refractivity contribution in [3.8, 4) is 0 Å². The van der Waals surface area contributed by atoms with Gasteiger partial charge in [-0.1, -0.05) is 32.9 Å². The number of benzene rings is 1. The molecule has 0 amide bonds. The number of nitrogens with two attached hydrogens (primary N) is 1. The second-order valence-electron chi connectivity index (χ2n) is 5.35. The summed E-state index contributed by atoms with van der Waals surface area (Å²) in [6.45, 7) is 8.16. The molecule has 0 atom stereocenters. The summed E-state index contributed by atoms with van der Waals surface area (Å²) in [6.07, 6.45) is 0.854. The zero-order chi connectivity index (χ0) is 15.2. The smallest absolute Gasteiger partial charge is 0.180 e. The summed E-state index contributed by atoms with van der Waals surface area (Å²) in [5.41, 5.74) is 6.39. The topological polar surface area (TPSA) is 63.4 Å². The van der Waals surface area contributed by atoms with Crippen molar-refractivity contribution in [3.05, 3.63) is 24.3 Å². The molecule has 1 aromatic carbocycles. The van der Waals surface area contributed by atoms with Gasteiger partial charge < -0.3 is 10.6 Å². The highest BCUT2D eigenvalue weighted by molar-refractivity contribution is 7.91. The third-order valence-corrected chi connectivity index (χ3v) is 4.91. The highest BCUT2D eigenvalue weighted by Crippen LogP contribution is 2.26. The SMILES string of the molecule is CCS(=O)(=O)c1ccccc1N(CCCN)CC(C)C. The lowest BCUT2D eigenvalue weighted by Gasteiger charge is -2.28. The lowest BCUT2D eigenvalue weighted by molar-refractivity contribution is 0.587. The molecule has 0 heterocycles. The second kappa shape index (κ2) is 7.64. The maximum absolute atomic E-state index is 12.2. The normalized spacial score (nSPS) is 11.8. The van der Waals surface area contributed by atoms with E-state index in [4.69, 9.17) is 5.73 Å². The largest absolute Gasteiger partial charge is 0.370 e. The molecule has 2 N–H and O–H groups in total. The predicted molar refractivity (Wildman–Crippen MR) is 84.9 cm³/mol. The molecule has 4 nitrogen and oxygen atoms in total. The zero-order valence-electron chi connectivity index (χ0n) is 12.7. The number of para-hydroxylation sites is 1. The lowest BCUT2D eigenvalue weighted by atomic mass is 10.1. The average molecular weight is 298 g/mol. The molecule has 0 fully saturated rings. The Morgan fingerprint density at radius 2 is 1.90 bits per heavy atom. The van der Waals surface area contributed by atoms with Crippen LogP contribution in [-0.4, -0.2) is 33.8 Å². The van der Waals surface area contributed by atoms with Crippen molar-refractivity contribution in [1.29, 1.82) is 0 Å². The molecule has 1 rings (SSSR count). The quantitative estimate of drug-likeness (QED) is 0.800. The Balaban J connectivity index is 3.19. The van der Waals surface area contributed by atoms with Crippen LogP contribution in [0.15, 0.2) is 29.2 Å². The van der Waals surface area contributed by atoms with Crippen molar-refractivity contribution < 1.29 is 8.42 Å². The van der Waals surface area contributed by atoms with Crippen LogP contribution in [0.3, 0.4) is 0 Å². The fourth-order valence-electron chi connectivity index (χ4n) is 2.17. The maximum atomic E-state index is 12.2. The summed E-state index contributed by atoms with van der Waals surface area (Å²) in [5, 5.41) is 0. The van der Waals surface area contributed by atoms with E-state index in [1.165, 1.54) is 0 Å². The lowest BCUT2D eigenvalue weighted by Crippen LogP contribution is -2.31. The minimum Gasteiger partial charge on any atom is -0.370 e. The number of hydrogen-bond acceptors (Lipinski definition) is 4. The van der Waals surface area contributed by atoms with E-state index in [9.17, 15) is 8.42 Å². The van der Waals surface area contributed by atoms with Crippen LogP contribution in [0.4, 0.5) is 5.69 Å². The summed E-state index contributed by atoms with van der Waals surface area (Å²) in [7, 11) is -3.21. The highest BCUT2D eigenvalue weighted by Gasteiger charge is 2.20. The summed E-state index contributed by atoms with van der Waals surface area (Å²) in [6, 6.07) is 7.26. The first-order chi connectivity index (χ1) is 9.42. The van der Waals surface area contributed by atoms with Gasteiger partial charge >= 0.3 is 0 Å². The Morgan fingerprint density at radius 1 is 1.25 bits per heavy atom. The Hall–Kier alpha value is -1.07. The van der Waals surface area contributed by atoms with E-state index in [1.54, 1.807) is 19.1 Å². The van der Waals surface area contributed by atoms with Crippen molar-refractivity contribution in [1.82, 2.24) is 0 Å². The van der Waals surface area contributed by atoms with E-state index in [1.807, 2.05) is 12.1 Å². The monoisotopic (exact) mass is 298 g/mol. The molecule has 5 heteroatoms. The molecule has 0 aliphatic carbocycles. The van der Waals surface area contributed by atoms with E-state index in [0.717, 1.165) is 25.2 Å². The standard InChI is InChI=1S/C15H26N2O2S/c1-4-20(18,19)15-9-6-5-8-14(15)17(11-7-10-16)12-13(2)3/h5-6,8-9,13H,4,7,10-12,16H2,1-3H3. The molecule has 0 radical (unpaired) electrons. The number of anilines is 1. The van der Waals surface area contributed by atoms with Crippen molar-refractivity contribution in [3.63, 3.8) is 0 Å². The van der Waals surface area contributed by atoms with Gasteiger partial charge in [0.15, 0.2) is 9.84 Å². The van der Waals surface area contributed by atoms with Gasteiger partial charge in [-0.15, -0.1) is 0 Å². The molecule has 0 saturated heterocycles. The number of nitrogens with zero attached hydrogens (tertiary/aromatic N) is 1. The fraction of sp³-hybridized carbons (Fsp3) is 0.600. The fourth-order valence-corrected chi connectivity index (χ4v) is 3.28. The minimum atomic E-state index is -3.21. The van der Waals surface area contributed by atoms with Gasteiger partial charge in [0.25, 0.3) is 0 Å². The van der Waals surface area contributed by atoms with Crippen LogP contribution in [0.5, 0.6) is 0 Å². The molecule has 0 saturated carbocycles. The predicted octanol–water partition coefficient (Wildman–Crippen LogP) is 2.29. The highest BCUT2D eigenvalue weighted by atomic mass is 32.2. The summed E-state index contributed by atoms with van der Waals surface area (Å²) in [5.74, 6) is 0.585. The van der Waals surface area contributed by atoms with Gasteiger partial charge in [-0.05, 0) is 31.0 Å². The molecular formula is C15H26N2O2S. The third-order valence-electron chi connectivity index (χ3n) is 3.14. The van der Waals surface area contributed by atoms with Crippen molar-refractivity contribution in [2.45, 2.75) is 32.1 Å². The molecular weight excluding hydrogens is 272 g/mol. The Kier molecular flexibility index (Phi) is 6.49. The van der Waals surface area contributed by atoms with E-state index in [2.05, 4.69) is 18.7 Å². The maximum Gasteiger partial charge on any atom is 0.180 e. The first-order valence-electron chi connectivity index (χ1n) is 7.19. The van der Waals surface area contributed by atoms with Gasteiger partial charge in [-0.3, -0.25) is 0 Å². The van der Waals surface area contributed by atoms with Gasteiger partial charge in [-0.2, -0.15) is 0 Å². The van der Waals surface area contributed by atoms with Gasteiger partial charge in [0, 0.05) is 13.1 Å². The molecule has 0 spiro atoms. The summed E-state index contributed by atoms with van der Waals surface area (Å²) in [4.78, 5) is 2.57. The number of hydrogen-bond donors (Lipinski definition) is 1. The van der Waals surface area contributed by atoms with Crippen LogP contribution in [0.1, 0.15) is 27.2 Å².